The zero-order valence-electron chi connectivity index (χ0n) is 18.6. The molecule has 1 heterocycles. The second kappa shape index (κ2) is 13.2. The van der Waals surface area contributed by atoms with Gasteiger partial charge in [-0.25, -0.2) is 13.6 Å². The smallest absolute Gasteiger partial charge is 0.374 e. The maximum Gasteiger partial charge on any atom is 0.374 e. The maximum absolute atomic E-state index is 13.0. The Labute approximate surface area is 190 Å². The molecule has 1 aromatic rings. The fourth-order valence-electron chi connectivity index (χ4n) is 3.07. The summed E-state index contributed by atoms with van der Waals surface area (Å²) in [4.78, 5) is 49.4. The van der Waals surface area contributed by atoms with Gasteiger partial charge in [-0.1, -0.05) is 33.8 Å². The number of carboxylic acids is 1. The van der Waals surface area contributed by atoms with E-state index in [4.69, 9.17) is 5.11 Å². The first-order chi connectivity index (χ1) is 14.9. The number of alkyl halides is 2. The first-order valence-electron chi connectivity index (χ1n) is 10.3. The lowest BCUT2D eigenvalue weighted by atomic mass is 10.0. The molecule has 0 saturated heterocycles. The van der Waals surface area contributed by atoms with Crippen LogP contribution in [0.2, 0.25) is 0 Å². The predicted octanol–water partition coefficient (Wildman–Crippen LogP) is 1.98. The van der Waals surface area contributed by atoms with Crippen LogP contribution >= 0.6 is 11.3 Å². The average molecular weight is 476 g/mol. The van der Waals surface area contributed by atoms with Crippen LogP contribution in [0.5, 0.6) is 0 Å². The van der Waals surface area contributed by atoms with Gasteiger partial charge in [0.05, 0.1) is 6.04 Å². The molecule has 0 aliphatic rings. The molecule has 0 radical (unpaired) electrons. The molecule has 11 heteroatoms. The summed E-state index contributed by atoms with van der Waals surface area (Å²) in [5.74, 6) is -4.85. The SMILES string of the molecule is CC(C)C[C@H](NC(=O)[C@H](Cc1cccs1)NC(C)C)C(=O)NC(CC(F)F)C(=O)C(=O)O. The topological polar surface area (TPSA) is 125 Å². The summed E-state index contributed by atoms with van der Waals surface area (Å²) in [6.07, 6.45) is -3.56. The van der Waals surface area contributed by atoms with Crippen molar-refractivity contribution in [3.63, 3.8) is 0 Å². The Balaban J connectivity index is 3.00. The summed E-state index contributed by atoms with van der Waals surface area (Å²) in [6.45, 7) is 7.36. The van der Waals surface area contributed by atoms with E-state index in [0.29, 0.717) is 6.42 Å². The molecule has 8 nitrogen and oxygen atoms in total. The van der Waals surface area contributed by atoms with Gasteiger partial charge in [0.1, 0.15) is 12.1 Å². The van der Waals surface area contributed by atoms with Gasteiger partial charge in [0.25, 0.3) is 5.78 Å². The van der Waals surface area contributed by atoms with Crippen LogP contribution in [0.25, 0.3) is 0 Å². The molecule has 1 aromatic heterocycles. The van der Waals surface area contributed by atoms with Gasteiger partial charge in [-0.15, -0.1) is 11.3 Å². The number of rotatable bonds is 14. The molecule has 0 aliphatic carbocycles. The van der Waals surface area contributed by atoms with E-state index in [-0.39, 0.29) is 18.4 Å². The number of nitrogens with one attached hydrogen (secondary N) is 3. The minimum absolute atomic E-state index is 0.0216. The van der Waals surface area contributed by atoms with E-state index in [0.717, 1.165) is 4.88 Å². The number of aliphatic carboxylic acids is 1. The molecule has 4 N–H and O–H groups in total. The molecule has 1 rings (SSSR count). The Kier molecular flexibility index (Phi) is 11.4. The number of thiophene rings is 1. The summed E-state index contributed by atoms with van der Waals surface area (Å²) < 4.78 is 25.6. The summed E-state index contributed by atoms with van der Waals surface area (Å²) in [5, 5.41) is 18.6. The minimum Gasteiger partial charge on any atom is -0.475 e. The molecule has 180 valence electrons. The van der Waals surface area contributed by atoms with Crippen molar-refractivity contribution < 1.29 is 33.1 Å². The molecular formula is C21H31F2N3O5S. The van der Waals surface area contributed by atoms with Gasteiger partial charge in [-0.2, -0.15) is 0 Å². The number of Topliss-reactive ketones (excluding diaryl/α,β-unsaturated/α-hetero) is 1. The quantitative estimate of drug-likeness (QED) is 0.305. The van der Waals surface area contributed by atoms with Gasteiger partial charge >= 0.3 is 5.97 Å². The standard InChI is InChI=1S/C21H31F2N3O5S/c1-11(2)8-15(19(28)25-14(10-17(22)23)18(27)21(30)31)26-20(29)16(24-12(3)4)9-13-6-5-7-32-13/h5-7,11-12,14-17,24H,8-10H2,1-4H3,(H,25,28)(H,26,29)(H,30,31)/t14?,15-,16-/m0/s1. The third kappa shape index (κ3) is 9.82. The summed E-state index contributed by atoms with van der Waals surface area (Å²) >= 11 is 1.49. The van der Waals surface area contributed by atoms with Crippen molar-refractivity contribution in [3.8, 4) is 0 Å². The monoisotopic (exact) mass is 475 g/mol. The Bertz CT molecular complexity index is 771. The van der Waals surface area contributed by atoms with Crippen molar-refractivity contribution in [1.29, 1.82) is 0 Å². The highest BCUT2D eigenvalue weighted by atomic mass is 32.1. The molecule has 3 atom stereocenters. The fraction of sp³-hybridized carbons (Fsp3) is 0.619. The second-order valence-corrected chi connectivity index (χ2v) is 9.24. The molecular weight excluding hydrogens is 444 g/mol. The normalized spacial score (nSPS) is 14.3. The molecule has 1 unspecified atom stereocenters. The molecule has 0 fully saturated rings. The van der Waals surface area contributed by atoms with Crippen molar-refractivity contribution in [3.05, 3.63) is 22.4 Å². The molecule has 0 saturated carbocycles. The third-order valence-electron chi connectivity index (χ3n) is 4.43. The van der Waals surface area contributed by atoms with E-state index in [1.807, 2.05) is 31.4 Å². The minimum atomic E-state index is -2.99. The number of halogens is 2. The Hall–Kier alpha value is -2.40. The number of hydrogen-bond acceptors (Lipinski definition) is 6. The van der Waals surface area contributed by atoms with Gasteiger partial charge in [0, 0.05) is 23.8 Å². The van der Waals surface area contributed by atoms with E-state index in [1.165, 1.54) is 11.3 Å². The molecule has 0 spiro atoms. The van der Waals surface area contributed by atoms with E-state index in [2.05, 4.69) is 16.0 Å². The second-order valence-electron chi connectivity index (χ2n) is 8.21. The van der Waals surface area contributed by atoms with Crippen molar-refractivity contribution in [1.82, 2.24) is 16.0 Å². The maximum atomic E-state index is 13.0. The van der Waals surface area contributed by atoms with Crippen LogP contribution in [0.4, 0.5) is 8.78 Å². The van der Waals surface area contributed by atoms with Gasteiger partial charge in [0.15, 0.2) is 0 Å². The van der Waals surface area contributed by atoms with Crippen LogP contribution in [0.1, 0.15) is 45.4 Å². The van der Waals surface area contributed by atoms with Crippen LogP contribution in [0, 0.1) is 5.92 Å². The van der Waals surface area contributed by atoms with E-state index < -0.39 is 54.5 Å². The van der Waals surface area contributed by atoms with Crippen molar-refractivity contribution in [2.45, 2.75) is 77.6 Å². The molecule has 0 bridgehead atoms. The first-order valence-corrected chi connectivity index (χ1v) is 11.2. The van der Waals surface area contributed by atoms with Gasteiger partial charge in [0.2, 0.25) is 18.2 Å². The zero-order valence-corrected chi connectivity index (χ0v) is 19.4. The number of carbonyl (C=O) groups excluding carboxylic acids is 3. The Morgan fingerprint density at radius 2 is 1.56 bits per heavy atom. The first kappa shape index (κ1) is 27.6. The number of hydrogen-bond donors (Lipinski definition) is 4. The molecule has 2 amide bonds. The fourth-order valence-corrected chi connectivity index (χ4v) is 3.82. The lowest BCUT2D eigenvalue weighted by Gasteiger charge is -2.26. The van der Waals surface area contributed by atoms with E-state index in [1.54, 1.807) is 13.8 Å². The van der Waals surface area contributed by atoms with E-state index in [9.17, 15) is 28.0 Å². The van der Waals surface area contributed by atoms with E-state index >= 15 is 0 Å². The molecule has 32 heavy (non-hydrogen) atoms. The zero-order chi connectivity index (χ0) is 24.4. The van der Waals surface area contributed by atoms with Gasteiger partial charge in [-0.05, 0) is 23.8 Å². The van der Waals surface area contributed by atoms with Crippen LogP contribution in [-0.4, -0.2) is 59.3 Å². The lowest BCUT2D eigenvalue weighted by Crippen LogP contribution is -2.57. The molecule has 0 aromatic carbocycles. The summed E-state index contributed by atoms with van der Waals surface area (Å²) in [6, 6.07) is 0.0753. The van der Waals surface area contributed by atoms with Crippen molar-refractivity contribution in [2.24, 2.45) is 5.92 Å². The number of amides is 2. The predicted molar refractivity (Wildman–Crippen MR) is 117 cm³/mol. The lowest BCUT2D eigenvalue weighted by molar-refractivity contribution is -0.151. The summed E-state index contributed by atoms with van der Waals surface area (Å²) in [7, 11) is 0. The summed E-state index contributed by atoms with van der Waals surface area (Å²) in [5.41, 5.74) is 0. The Morgan fingerprint density at radius 1 is 0.969 bits per heavy atom. The number of ketones is 1. The highest BCUT2D eigenvalue weighted by Gasteiger charge is 2.33. The van der Waals surface area contributed by atoms with Gasteiger partial charge in [-0.3, -0.25) is 14.4 Å². The average Bonchev–Trinajstić information content (AvgIpc) is 3.17. The molecule has 0 aliphatic heterocycles. The number of carbonyl (C=O) groups is 4. The van der Waals surface area contributed by atoms with Gasteiger partial charge < -0.3 is 21.1 Å². The highest BCUT2D eigenvalue weighted by molar-refractivity contribution is 7.09. The third-order valence-corrected chi connectivity index (χ3v) is 5.33. The Morgan fingerprint density at radius 3 is 2.03 bits per heavy atom. The highest BCUT2D eigenvalue weighted by Crippen LogP contribution is 2.13. The van der Waals surface area contributed by atoms with Crippen LogP contribution < -0.4 is 16.0 Å². The van der Waals surface area contributed by atoms with Crippen LogP contribution in [0.3, 0.4) is 0 Å². The van der Waals surface area contributed by atoms with Crippen molar-refractivity contribution in [2.75, 3.05) is 0 Å². The van der Waals surface area contributed by atoms with Crippen LogP contribution in [0.15, 0.2) is 17.5 Å². The van der Waals surface area contributed by atoms with Crippen LogP contribution in [-0.2, 0) is 25.6 Å². The van der Waals surface area contributed by atoms with Crippen molar-refractivity contribution >= 4 is 34.9 Å². The number of carboxylic acid groups (broad SMARTS) is 1. The largest absolute Gasteiger partial charge is 0.475 e.